The molecule has 2 rings (SSSR count). The van der Waals surface area contributed by atoms with Crippen LogP contribution in [0.2, 0.25) is 10.0 Å². The van der Waals surface area contributed by atoms with Gasteiger partial charge in [0.05, 0.1) is 29.4 Å². The molecule has 0 amide bonds. The number of rotatable bonds is 1. The molecule has 0 aromatic heterocycles. The summed E-state index contributed by atoms with van der Waals surface area (Å²) in [5.41, 5.74) is 1.01. The van der Waals surface area contributed by atoms with Crippen LogP contribution in [0, 0.1) is 0 Å². The zero-order chi connectivity index (χ0) is 10.8. The normalized spacial score (nSPS) is 26.6. The van der Waals surface area contributed by atoms with Crippen molar-refractivity contribution in [3.8, 4) is 0 Å². The number of ether oxygens (including phenoxy) is 2. The molecule has 0 radical (unpaired) electrons. The molecule has 0 spiro atoms. The molecule has 2 atom stereocenters. The van der Waals surface area contributed by atoms with Crippen molar-refractivity contribution in [3.63, 3.8) is 0 Å². The van der Waals surface area contributed by atoms with Gasteiger partial charge in [-0.1, -0.05) is 29.3 Å². The average molecular weight is 247 g/mol. The van der Waals surface area contributed by atoms with Gasteiger partial charge in [0.25, 0.3) is 0 Å². The van der Waals surface area contributed by atoms with Gasteiger partial charge in [-0.15, -0.1) is 0 Å². The van der Waals surface area contributed by atoms with Gasteiger partial charge < -0.3 is 9.47 Å². The van der Waals surface area contributed by atoms with E-state index < -0.39 is 0 Å². The van der Waals surface area contributed by atoms with E-state index in [1.165, 1.54) is 0 Å². The Bertz CT molecular complexity index is 346. The third kappa shape index (κ3) is 2.64. The first-order valence-corrected chi connectivity index (χ1v) is 5.60. The number of halogens is 2. The smallest absolute Gasteiger partial charge is 0.106 e. The van der Waals surface area contributed by atoms with Crippen LogP contribution in [0.15, 0.2) is 18.2 Å². The molecule has 0 bridgehead atoms. The quantitative estimate of drug-likeness (QED) is 0.756. The molecule has 1 aliphatic heterocycles. The van der Waals surface area contributed by atoms with Crippen LogP contribution < -0.4 is 0 Å². The standard InChI is InChI=1S/C11H12Cl2O2/c1-7-5-15-11(6-14-7)8-2-3-9(12)10(13)4-8/h2-4,7,11H,5-6H2,1H3. The maximum Gasteiger partial charge on any atom is 0.106 e. The van der Waals surface area contributed by atoms with Crippen LogP contribution in [0.3, 0.4) is 0 Å². The highest BCUT2D eigenvalue weighted by Crippen LogP contribution is 2.29. The maximum atomic E-state index is 5.93. The van der Waals surface area contributed by atoms with Gasteiger partial charge in [-0.3, -0.25) is 0 Å². The Labute approximate surface area is 99.1 Å². The zero-order valence-electron chi connectivity index (χ0n) is 8.37. The maximum absolute atomic E-state index is 5.93. The minimum Gasteiger partial charge on any atom is -0.373 e. The second kappa shape index (κ2) is 4.71. The molecule has 1 fully saturated rings. The molecule has 0 saturated carbocycles. The Balaban J connectivity index is 2.12. The summed E-state index contributed by atoms with van der Waals surface area (Å²) in [5.74, 6) is 0. The monoisotopic (exact) mass is 246 g/mol. The third-order valence-corrected chi connectivity index (χ3v) is 3.12. The highest BCUT2D eigenvalue weighted by atomic mass is 35.5. The molecular formula is C11H12Cl2O2. The first kappa shape index (κ1) is 11.2. The SMILES string of the molecule is CC1COC(c2ccc(Cl)c(Cl)c2)CO1. The van der Waals surface area contributed by atoms with Gasteiger partial charge in [0, 0.05) is 0 Å². The van der Waals surface area contributed by atoms with Gasteiger partial charge in [-0.05, 0) is 24.6 Å². The lowest BCUT2D eigenvalue weighted by Crippen LogP contribution is -2.28. The van der Waals surface area contributed by atoms with Crippen LogP contribution in [0.5, 0.6) is 0 Å². The summed E-state index contributed by atoms with van der Waals surface area (Å²) < 4.78 is 11.2. The van der Waals surface area contributed by atoms with E-state index in [0.717, 1.165) is 5.56 Å². The summed E-state index contributed by atoms with van der Waals surface area (Å²) in [7, 11) is 0. The second-order valence-electron chi connectivity index (χ2n) is 3.64. The van der Waals surface area contributed by atoms with Crippen LogP contribution in [0.4, 0.5) is 0 Å². The van der Waals surface area contributed by atoms with E-state index in [1.54, 1.807) is 6.07 Å². The van der Waals surface area contributed by atoms with E-state index in [2.05, 4.69) is 0 Å². The predicted octanol–water partition coefficient (Wildman–Crippen LogP) is 3.47. The van der Waals surface area contributed by atoms with E-state index in [4.69, 9.17) is 32.7 Å². The van der Waals surface area contributed by atoms with Crippen molar-refractivity contribution in [1.29, 1.82) is 0 Å². The lowest BCUT2D eigenvalue weighted by molar-refractivity contribution is -0.128. The molecule has 4 heteroatoms. The largest absolute Gasteiger partial charge is 0.373 e. The van der Waals surface area contributed by atoms with Crippen molar-refractivity contribution in [2.24, 2.45) is 0 Å². The molecule has 82 valence electrons. The van der Waals surface area contributed by atoms with Crippen molar-refractivity contribution in [2.45, 2.75) is 19.1 Å². The van der Waals surface area contributed by atoms with Crippen molar-refractivity contribution >= 4 is 23.2 Å². The first-order chi connectivity index (χ1) is 7.16. The van der Waals surface area contributed by atoms with Crippen molar-refractivity contribution in [1.82, 2.24) is 0 Å². The summed E-state index contributed by atoms with van der Waals surface area (Å²) in [4.78, 5) is 0. The first-order valence-electron chi connectivity index (χ1n) is 4.85. The van der Waals surface area contributed by atoms with Crippen LogP contribution in [0.1, 0.15) is 18.6 Å². The Hall–Kier alpha value is -0.280. The molecule has 2 unspecified atom stereocenters. The minimum absolute atomic E-state index is 0.0315. The topological polar surface area (TPSA) is 18.5 Å². The molecule has 1 aromatic rings. The summed E-state index contributed by atoms with van der Waals surface area (Å²) in [6.45, 7) is 3.18. The Morgan fingerprint density at radius 2 is 1.93 bits per heavy atom. The lowest BCUT2D eigenvalue weighted by Gasteiger charge is -2.27. The number of benzene rings is 1. The Kier molecular flexibility index (Phi) is 3.52. The van der Waals surface area contributed by atoms with E-state index in [-0.39, 0.29) is 12.2 Å². The highest BCUT2D eigenvalue weighted by molar-refractivity contribution is 6.42. The average Bonchev–Trinajstić information content (AvgIpc) is 2.23. The number of hydrogen-bond donors (Lipinski definition) is 0. The highest BCUT2D eigenvalue weighted by Gasteiger charge is 2.21. The Morgan fingerprint density at radius 3 is 2.53 bits per heavy atom. The van der Waals surface area contributed by atoms with Crippen LogP contribution in [-0.2, 0) is 9.47 Å². The van der Waals surface area contributed by atoms with E-state index in [0.29, 0.717) is 23.3 Å². The molecule has 1 heterocycles. The molecule has 0 N–H and O–H groups in total. The minimum atomic E-state index is -0.0315. The number of hydrogen-bond acceptors (Lipinski definition) is 2. The summed E-state index contributed by atoms with van der Waals surface area (Å²) in [6.07, 6.45) is 0.139. The van der Waals surface area contributed by atoms with E-state index >= 15 is 0 Å². The van der Waals surface area contributed by atoms with Gasteiger partial charge in [-0.25, -0.2) is 0 Å². The summed E-state index contributed by atoms with van der Waals surface area (Å²) in [6, 6.07) is 5.52. The lowest BCUT2D eigenvalue weighted by atomic mass is 10.1. The fourth-order valence-corrected chi connectivity index (χ4v) is 1.81. The molecule has 2 nitrogen and oxygen atoms in total. The Morgan fingerprint density at radius 1 is 1.13 bits per heavy atom. The van der Waals surface area contributed by atoms with Gasteiger partial charge in [0.2, 0.25) is 0 Å². The van der Waals surface area contributed by atoms with Crippen molar-refractivity contribution in [3.05, 3.63) is 33.8 Å². The molecule has 1 saturated heterocycles. The van der Waals surface area contributed by atoms with Crippen LogP contribution >= 0.6 is 23.2 Å². The third-order valence-electron chi connectivity index (χ3n) is 2.38. The van der Waals surface area contributed by atoms with Crippen LogP contribution in [0.25, 0.3) is 0 Å². The second-order valence-corrected chi connectivity index (χ2v) is 4.45. The fraction of sp³-hybridized carbons (Fsp3) is 0.455. The van der Waals surface area contributed by atoms with Gasteiger partial charge in [0.15, 0.2) is 0 Å². The predicted molar refractivity (Wildman–Crippen MR) is 60.6 cm³/mol. The summed E-state index contributed by atoms with van der Waals surface area (Å²) >= 11 is 11.8. The summed E-state index contributed by atoms with van der Waals surface area (Å²) in [5, 5.41) is 1.11. The fourth-order valence-electron chi connectivity index (χ4n) is 1.50. The van der Waals surface area contributed by atoms with Crippen molar-refractivity contribution < 1.29 is 9.47 Å². The van der Waals surface area contributed by atoms with E-state index in [9.17, 15) is 0 Å². The molecule has 15 heavy (non-hydrogen) atoms. The molecular weight excluding hydrogens is 235 g/mol. The van der Waals surface area contributed by atoms with Crippen molar-refractivity contribution in [2.75, 3.05) is 13.2 Å². The molecule has 1 aliphatic rings. The molecule has 1 aromatic carbocycles. The van der Waals surface area contributed by atoms with Crippen LogP contribution in [-0.4, -0.2) is 19.3 Å². The van der Waals surface area contributed by atoms with Gasteiger partial charge in [-0.2, -0.15) is 0 Å². The van der Waals surface area contributed by atoms with Gasteiger partial charge >= 0.3 is 0 Å². The zero-order valence-corrected chi connectivity index (χ0v) is 9.89. The van der Waals surface area contributed by atoms with Gasteiger partial charge in [0.1, 0.15) is 6.10 Å². The van der Waals surface area contributed by atoms with E-state index in [1.807, 2.05) is 19.1 Å². The molecule has 0 aliphatic carbocycles.